The van der Waals surface area contributed by atoms with Crippen LogP contribution >= 0.6 is 0 Å². The van der Waals surface area contributed by atoms with Gasteiger partial charge in [0, 0.05) is 62.2 Å². The predicted octanol–water partition coefficient (Wildman–Crippen LogP) is 0.222. The van der Waals surface area contributed by atoms with Gasteiger partial charge in [-0.3, -0.25) is 0 Å². The molecule has 0 aromatic heterocycles. The van der Waals surface area contributed by atoms with Crippen molar-refractivity contribution in [2.45, 2.75) is 0 Å². The molecular formula is CH2O3U2. The standard InChI is InChI=1S/CH2O3.2U/c2-1(3)4;;/h(H2,2,3,4);;. The van der Waals surface area contributed by atoms with Gasteiger partial charge >= 0.3 is 6.16 Å². The SMILES string of the molecule is O=C(O)O.[U].[U]. The summed E-state index contributed by atoms with van der Waals surface area (Å²) in [6.45, 7) is 0. The molecule has 0 atom stereocenters. The second-order valence-corrected chi connectivity index (χ2v) is 0.283. The molecule has 32 valence electrons. The fourth-order valence-electron chi connectivity index (χ4n) is 0. The van der Waals surface area contributed by atoms with Gasteiger partial charge in [-0.1, -0.05) is 0 Å². The van der Waals surface area contributed by atoms with Crippen LogP contribution in [0.4, 0.5) is 4.79 Å². The zero-order valence-electron chi connectivity index (χ0n) is 2.80. The molecule has 0 aromatic carbocycles. The molecule has 0 amide bonds. The van der Waals surface area contributed by atoms with E-state index in [1.807, 2.05) is 0 Å². The van der Waals surface area contributed by atoms with Crippen LogP contribution in [0, 0.1) is 62.2 Å². The van der Waals surface area contributed by atoms with Gasteiger partial charge in [0.05, 0.1) is 0 Å². The van der Waals surface area contributed by atoms with Crippen molar-refractivity contribution in [1.29, 1.82) is 0 Å². The van der Waals surface area contributed by atoms with Crippen LogP contribution in [0.5, 0.6) is 0 Å². The molecule has 0 aliphatic heterocycles. The van der Waals surface area contributed by atoms with Crippen molar-refractivity contribution in [2.75, 3.05) is 0 Å². The van der Waals surface area contributed by atoms with Crippen LogP contribution in [0.15, 0.2) is 0 Å². The first-order chi connectivity index (χ1) is 1.73. The third-order valence-corrected chi connectivity index (χ3v) is 0. The van der Waals surface area contributed by atoms with Crippen LogP contribution in [0.1, 0.15) is 0 Å². The molecule has 0 heterocycles. The number of hydrogen-bond acceptors (Lipinski definition) is 1. The molecule has 0 radical (unpaired) electrons. The second kappa shape index (κ2) is 9.62. The van der Waals surface area contributed by atoms with E-state index in [0.29, 0.717) is 0 Å². The van der Waals surface area contributed by atoms with Gasteiger partial charge < -0.3 is 10.2 Å². The van der Waals surface area contributed by atoms with E-state index in [1.54, 1.807) is 0 Å². The Balaban J connectivity index is -0.0000000450. The molecule has 0 saturated carbocycles. The van der Waals surface area contributed by atoms with Gasteiger partial charge in [-0.05, 0) is 0 Å². The minimum absolute atomic E-state index is 0. The Morgan fingerprint density at radius 2 is 1.17 bits per heavy atom. The van der Waals surface area contributed by atoms with Crippen molar-refractivity contribution in [3.8, 4) is 0 Å². The minimum Gasteiger partial charge on any atom is -0.450 e. The monoisotopic (exact) mass is 538 g/mol. The van der Waals surface area contributed by atoms with Gasteiger partial charge in [0.25, 0.3) is 0 Å². The molecule has 0 aliphatic rings. The van der Waals surface area contributed by atoms with E-state index in [1.165, 1.54) is 0 Å². The molecule has 0 fully saturated rings. The van der Waals surface area contributed by atoms with E-state index in [9.17, 15) is 0 Å². The van der Waals surface area contributed by atoms with Crippen LogP contribution in [0.25, 0.3) is 0 Å². The summed E-state index contributed by atoms with van der Waals surface area (Å²) in [5, 5.41) is 13.9. The Hall–Kier alpha value is 1.37. The van der Waals surface area contributed by atoms with E-state index in [0.717, 1.165) is 0 Å². The van der Waals surface area contributed by atoms with Gasteiger partial charge in [0.1, 0.15) is 0 Å². The molecule has 3 nitrogen and oxygen atoms in total. The third-order valence-electron chi connectivity index (χ3n) is 0. The van der Waals surface area contributed by atoms with Crippen LogP contribution in [0.3, 0.4) is 0 Å². The van der Waals surface area contributed by atoms with Gasteiger partial charge in [0.15, 0.2) is 0 Å². The van der Waals surface area contributed by atoms with E-state index >= 15 is 0 Å². The van der Waals surface area contributed by atoms with Crippen molar-refractivity contribution in [1.82, 2.24) is 0 Å². The maximum atomic E-state index is 8.56. The Labute approximate surface area is 82.2 Å². The number of hydrogen-bond donors (Lipinski definition) is 2. The van der Waals surface area contributed by atoms with Gasteiger partial charge in [-0.25, -0.2) is 4.79 Å². The number of carbonyl (C=O) groups is 1. The first kappa shape index (κ1) is 15.7. The fourth-order valence-corrected chi connectivity index (χ4v) is 0. The molecule has 0 bridgehead atoms. The normalized spacial score (nSPS) is 4.00. The summed E-state index contributed by atoms with van der Waals surface area (Å²) in [4.78, 5) is 8.56. The molecule has 0 unspecified atom stereocenters. The average Bonchev–Trinajstić information content (AvgIpc) is 0.811. The predicted molar refractivity (Wildman–Crippen MR) is 10.7 cm³/mol. The average molecular weight is 538 g/mol. The van der Waals surface area contributed by atoms with Crippen LogP contribution < -0.4 is 0 Å². The molecule has 0 aromatic rings. The zero-order chi connectivity index (χ0) is 3.58. The third kappa shape index (κ3) is 54.5. The first-order valence-electron chi connectivity index (χ1n) is 0.651. The largest absolute Gasteiger partial charge is 0.503 e. The molecule has 5 heteroatoms. The van der Waals surface area contributed by atoms with Crippen LogP contribution in [-0.2, 0) is 0 Å². The maximum absolute atomic E-state index is 8.56. The Morgan fingerprint density at radius 1 is 1.17 bits per heavy atom. The van der Waals surface area contributed by atoms with Gasteiger partial charge in [0.2, 0.25) is 0 Å². The Morgan fingerprint density at radius 3 is 1.17 bits per heavy atom. The molecular weight excluding hydrogens is 536 g/mol. The van der Waals surface area contributed by atoms with Gasteiger partial charge in [-0.2, -0.15) is 0 Å². The minimum atomic E-state index is -1.83. The van der Waals surface area contributed by atoms with Crippen molar-refractivity contribution >= 4 is 6.16 Å². The number of rotatable bonds is 0. The van der Waals surface area contributed by atoms with Crippen LogP contribution in [0.2, 0.25) is 0 Å². The fraction of sp³-hybridized carbons (Fsp3) is 0. The molecule has 0 rings (SSSR count). The summed E-state index contributed by atoms with van der Waals surface area (Å²) in [7, 11) is 0. The zero-order valence-corrected chi connectivity index (χ0v) is 11.1. The molecule has 6 heavy (non-hydrogen) atoms. The summed E-state index contributed by atoms with van der Waals surface area (Å²) < 4.78 is 0. The summed E-state index contributed by atoms with van der Waals surface area (Å²) in [5.41, 5.74) is 0. The van der Waals surface area contributed by atoms with Crippen molar-refractivity contribution in [2.24, 2.45) is 0 Å². The molecule has 0 spiro atoms. The topological polar surface area (TPSA) is 57.5 Å². The van der Waals surface area contributed by atoms with Gasteiger partial charge in [-0.15, -0.1) is 0 Å². The van der Waals surface area contributed by atoms with E-state index in [2.05, 4.69) is 0 Å². The summed E-state index contributed by atoms with van der Waals surface area (Å²) >= 11 is 0. The van der Waals surface area contributed by atoms with E-state index in [4.69, 9.17) is 15.0 Å². The van der Waals surface area contributed by atoms with Crippen molar-refractivity contribution < 1.29 is 77.2 Å². The summed E-state index contributed by atoms with van der Waals surface area (Å²) in [5.74, 6) is 0. The smallest absolute Gasteiger partial charge is 0.450 e. The maximum Gasteiger partial charge on any atom is 0.503 e. The first-order valence-corrected chi connectivity index (χ1v) is 0.651. The van der Waals surface area contributed by atoms with Crippen molar-refractivity contribution in [3.63, 3.8) is 0 Å². The van der Waals surface area contributed by atoms with E-state index < -0.39 is 6.16 Å². The molecule has 2 N–H and O–H groups in total. The summed E-state index contributed by atoms with van der Waals surface area (Å²) in [6, 6.07) is 0. The number of carboxylic acid groups (broad SMARTS) is 2. The second-order valence-electron chi connectivity index (χ2n) is 0.283. The quantitative estimate of drug-likeness (QED) is 0.465. The molecule has 0 saturated heterocycles. The van der Waals surface area contributed by atoms with Crippen molar-refractivity contribution in [3.05, 3.63) is 0 Å². The Bertz CT molecular complexity index is 31.8. The van der Waals surface area contributed by atoms with Crippen LogP contribution in [-0.4, -0.2) is 16.4 Å². The summed E-state index contributed by atoms with van der Waals surface area (Å²) in [6.07, 6.45) is -1.83. The Kier molecular flexibility index (Phi) is 25.1. The molecule has 0 aliphatic carbocycles. The van der Waals surface area contributed by atoms with E-state index in [-0.39, 0.29) is 62.2 Å².